The zero-order chi connectivity index (χ0) is 18.6. The number of halogens is 1. The molecule has 0 spiro atoms. The van der Waals surface area contributed by atoms with Gasteiger partial charge in [0.15, 0.2) is 10.3 Å². The van der Waals surface area contributed by atoms with Gasteiger partial charge in [-0.1, -0.05) is 54.0 Å². The Morgan fingerprint density at radius 3 is 2.72 bits per heavy atom. The van der Waals surface area contributed by atoms with Crippen LogP contribution in [0.5, 0.6) is 0 Å². The van der Waals surface area contributed by atoms with E-state index in [4.69, 9.17) is 17.3 Å². The Balaban J connectivity index is 2.35. The zero-order valence-electron chi connectivity index (χ0n) is 15.5. The molecule has 0 saturated carbocycles. The molecule has 4 nitrogen and oxygen atoms in total. The fraction of sp³-hybridized carbons (Fsp3) is 0.556. The summed E-state index contributed by atoms with van der Waals surface area (Å²) in [4.78, 5) is 2.22. The summed E-state index contributed by atoms with van der Waals surface area (Å²) >= 11 is 11.1. The second kappa shape index (κ2) is 8.73. The number of anilines is 1. The maximum absolute atomic E-state index is 5.80. The molecule has 0 aromatic heterocycles. The third kappa shape index (κ3) is 4.89. The van der Waals surface area contributed by atoms with Crippen molar-refractivity contribution in [1.82, 2.24) is 9.91 Å². The van der Waals surface area contributed by atoms with E-state index in [9.17, 15) is 0 Å². The lowest BCUT2D eigenvalue weighted by molar-refractivity contribution is 0.334. The smallest absolute Gasteiger partial charge is 0.190 e. The number of nitrogens with one attached hydrogen (secondary N) is 1. The fourth-order valence-electron chi connectivity index (χ4n) is 2.97. The Bertz CT molecular complexity index is 650. The van der Waals surface area contributed by atoms with Crippen molar-refractivity contribution in [2.24, 2.45) is 5.10 Å². The van der Waals surface area contributed by atoms with Crippen LogP contribution in [0.3, 0.4) is 0 Å². The van der Waals surface area contributed by atoms with Crippen LogP contribution in [-0.4, -0.2) is 45.1 Å². The van der Waals surface area contributed by atoms with Crippen LogP contribution in [0.2, 0.25) is 0 Å². The quantitative estimate of drug-likeness (QED) is 0.489. The highest BCUT2D eigenvalue weighted by Crippen LogP contribution is 2.46. The maximum atomic E-state index is 5.80. The Morgan fingerprint density at radius 1 is 1.44 bits per heavy atom. The number of hydrogen-bond acceptors (Lipinski definition) is 4. The lowest BCUT2D eigenvalue weighted by Crippen LogP contribution is -2.47. The van der Waals surface area contributed by atoms with Crippen LogP contribution in [0.4, 0.5) is 5.69 Å². The molecular weight excluding hydrogens is 416 g/mol. The van der Waals surface area contributed by atoms with Crippen molar-refractivity contribution in [3.8, 4) is 0 Å². The number of amidine groups is 1. The first kappa shape index (κ1) is 20.5. The molecule has 1 aliphatic heterocycles. The molecular formula is C18H27BrN4S2. The van der Waals surface area contributed by atoms with Crippen molar-refractivity contribution < 1.29 is 0 Å². The minimum Gasteiger partial charge on any atom is -0.332 e. The lowest BCUT2D eigenvalue weighted by atomic mass is 9.93. The second-order valence-electron chi connectivity index (χ2n) is 6.61. The summed E-state index contributed by atoms with van der Waals surface area (Å²) in [6, 6.07) is 8.40. The van der Waals surface area contributed by atoms with Gasteiger partial charge in [-0.05, 0) is 50.2 Å². The van der Waals surface area contributed by atoms with E-state index in [2.05, 4.69) is 46.9 Å². The standard InChI is InChI=1S/C18H27BrN4S2/c1-6-9-15-18(3,7-2)25-17(21-22(4)5)23(15)16(24)20-14-11-8-10-13(19)12-14/h8,10-12,15H,6-7,9H2,1-5H3,(H,20,24)/b21-17+. The molecule has 2 rings (SSSR count). The van der Waals surface area contributed by atoms with E-state index in [1.807, 2.05) is 55.1 Å². The first-order chi connectivity index (χ1) is 11.8. The molecule has 1 fully saturated rings. The van der Waals surface area contributed by atoms with Crippen molar-refractivity contribution in [2.75, 3.05) is 19.4 Å². The van der Waals surface area contributed by atoms with Crippen molar-refractivity contribution in [3.63, 3.8) is 0 Å². The van der Waals surface area contributed by atoms with Crippen LogP contribution < -0.4 is 5.32 Å². The Hall–Kier alpha value is -0.790. The number of thioether (sulfide) groups is 1. The Kier molecular flexibility index (Phi) is 7.17. The molecule has 138 valence electrons. The molecule has 1 saturated heterocycles. The SMILES string of the molecule is CCCC1N(C(=S)Nc2cccc(Br)c2)/C(=N\N(C)C)SC1(C)CC. The molecule has 1 heterocycles. The molecule has 1 aromatic carbocycles. The summed E-state index contributed by atoms with van der Waals surface area (Å²) in [6.07, 6.45) is 3.28. The summed E-state index contributed by atoms with van der Waals surface area (Å²) < 4.78 is 1.13. The van der Waals surface area contributed by atoms with E-state index in [1.54, 1.807) is 0 Å². The van der Waals surface area contributed by atoms with E-state index in [0.29, 0.717) is 11.2 Å². The molecule has 0 radical (unpaired) electrons. The fourth-order valence-corrected chi connectivity index (χ4v) is 5.20. The van der Waals surface area contributed by atoms with Gasteiger partial charge >= 0.3 is 0 Å². The topological polar surface area (TPSA) is 30.9 Å². The van der Waals surface area contributed by atoms with Gasteiger partial charge in [0, 0.05) is 29.0 Å². The highest BCUT2D eigenvalue weighted by atomic mass is 79.9. The number of rotatable bonds is 5. The lowest BCUT2D eigenvalue weighted by Gasteiger charge is -2.34. The first-order valence-electron chi connectivity index (χ1n) is 8.61. The summed E-state index contributed by atoms with van der Waals surface area (Å²) in [5, 5.41) is 11.6. The number of benzene rings is 1. The molecule has 1 N–H and O–H groups in total. The van der Waals surface area contributed by atoms with Crippen LogP contribution in [0.25, 0.3) is 0 Å². The van der Waals surface area contributed by atoms with Crippen molar-refractivity contribution in [1.29, 1.82) is 0 Å². The molecule has 2 atom stereocenters. The number of hydrazone groups is 1. The van der Waals surface area contributed by atoms with Crippen LogP contribution in [-0.2, 0) is 0 Å². The molecule has 7 heteroatoms. The predicted octanol–water partition coefficient (Wildman–Crippen LogP) is 5.36. The van der Waals surface area contributed by atoms with Gasteiger partial charge in [0.25, 0.3) is 0 Å². The van der Waals surface area contributed by atoms with Gasteiger partial charge < -0.3 is 10.3 Å². The highest BCUT2D eigenvalue weighted by Gasteiger charge is 2.48. The number of hydrogen-bond donors (Lipinski definition) is 1. The van der Waals surface area contributed by atoms with Gasteiger partial charge in [-0.3, -0.25) is 4.90 Å². The van der Waals surface area contributed by atoms with Crippen LogP contribution in [0.15, 0.2) is 33.8 Å². The van der Waals surface area contributed by atoms with Gasteiger partial charge in [-0.15, -0.1) is 0 Å². The number of nitrogens with zero attached hydrogens (tertiary/aromatic N) is 3. The Labute approximate surface area is 169 Å². The summed E-state index contributed by atoms with van der Waals surface area (Å²) in [6.45, 7) is 6.80. The van der Waals surface area contributed by atoms with Gasteiger partial charge in [-0.2, -0.15) is 5.10 Å². The van der Waals surface area contributed by atoms with Gasteiger partial charge in [-0.25, -0.2) is 0 Å². The summed E-state index contributed by atoms with van der Waals surface area (Å²) in [7, 11) is 3.90. The van der Waals surface area contributed by atoms with Crippen LogP contribution >= 0.6 is 39.9 Å². The summed E-state index contributed by atoms with van der Waals surface area (Å²) in [5.74, 6) is 0. The number of thiocarbonyl (C=S) groups is 1. The average molecular weight is 443 g/mol. The van der Waals surface area contributed by atoms with Crippen LogP contribution in [0, 0.1) is 0 Å². The van der Waals surface area contributed by atoms with Gasteiger partial charge in [0.2, 0.25) is 0 Å². The predicted molar refractivity (Wildman–Crippen MR) is 118 cm³/mol. The largest absolute Gasteiger partial charge is 0.332 e. The molecule has 2 unspecified atom stereocenters. The van der Waals surface area contributed by atoms with Crippen molar-refractivity contribution in [3.05, 3.63) is 28.7 Å². The third-order valence-corrected chi connectivity index (χ3v) is 6.67. The Morgan fingerprint density at radius 2 is 2.16 bits per heavy atom. The minimum absolute atomic E-state index is 0.105. The molecule has 0 aliphatic carbocycles. The summed E-state index contributed by atoms with van der Waals surface area (Å²) in [5.41, 5.74) is 0.980. The minimum atomic E-state index is 0.105. The van der Waals surface area contributed by atoms with Crippen LogP contribution in [0.1, 0.15) is 40.0 Å². The molecule has 0 amide bonds. The maximum Gasteiger partial charge on any atom is 0.190 e. The second-order valence-corrected chi connectivity index (χ2v) is 9.42. The normalized spacial score (nSPS) is 24.6. The van der Waals surface area contributed by atoms with E-state index in [0.717, 1.165) is 34.6 Å². The zero-order valence-corrected chi connectivity index (χ0v) is 18.8. The average Bonchev–Trinajstić information content (AvgIpc) is 2.80. The van der Waals surface area contributed by atoms with Gasteiger partial charge in [0.05, 0.1) is 6.04 Å². The van der Waals surface area contributed by atoms with E-state index < -0.39 is 0 Å². The van der Waals surface area contributed by atoms with E-state index in [1.165, 1.54) is 0 Å². The highest BCUT2D eigenvalue weighted by molar-refractivity contribution is 9.10. The molecule has 25 heavy (non-hydrogen) atoms. The van der Waals surface area contributed by atoms with Crippen molar-refractivity contribution >= 4 is 55.9 Å². The molecule has 0 bridgehead atoms. The molecule has 1 aromatic rings. The van der Waals surface area contributed by atoms with E-state index >= 15 is 0 Å². The molecule has 1 aliphatic rings. The monoisotopic (exact) mass is 442 g/mol. The van der Waals surface area contributed by atoms with Gasteiger partial charge in [0.1, 0.15) is 0 Å². The van der Waals surface area contributed by atoms with E-state index in [-0.39, 0.29) is 4.75 Å². The third-order valence-electron chi connectivity index (χ3n) is 4.39. The first-order valence-corrected chi connectivity index (χ1v) is 10.6. The van der Waals surface area contributed by atoms with Crippen molar-refractivity contribution in [2.45, 2.75) is 50.8 Å².